The normalized spacial score (nSPS) is 9.73. The second kappa shape index (κ2) is 5.09. The minimum absolute atomic E-state index is 0.0392. The lowest BCUT2D eigenvalue weighted by atomic mass is 10.3. The Morgan fingerprint density at radius 1 is 1.73 bits per heavy atom. The Balaban J connectivity index is 3.11. The van der Waals surface area contributed by atoms with Crippen LogP contribution in [0.25, 0.3) is 0 Å². The number of amides is 1. The highest BCUT2D eigenvalue weighted by Crippen LogP contribution is 2.25. The molecular weight excluding hydrogens is 287 g/mol. The molecule has 1 amide bonds. The predicted molar refractivity (Wildman–Crippen MR) is 56.8 cm³/mol. The number of pyridine rings is 1. The molecule has 1 rings (SSSR count). The molecule has 0 aliphatic heterocycles. The number of aromatic nitrogens is 1. The molecule has 7 heteroatoms. The van der Waals surface area contributed by atoms with Crippen molar-refractivity contribution in [1.29, 1.82) is 0 Å². The summed E-state index contributed by atoms with van der Waals surface area (Å²) < 4.78 is 0.430. The van der Waals surface area contributed by atoms with Gasteiger partial charge in [-0.2, -0.15) is 0 Å². The maximum Gasteiger partial charge on any atom is 0.356 e. The number of carboxylic acid groups (broad SMARTS) is 1. The van der Waals surface area contributed by atoms with Crippen molar-refractivity contribution in [2.45, 2.75) is 6.54 Å². The van der Waals surface area contributed by atoms with Gasteiger partial charge in [-0.1, -0.05) is 11.6 Å². The lowest BCUT2D eigenvalue weighted by Gasteiger charge is -2.05. The average Bonchev–Trinajstić information content (AvgIpc) is 2.19. The van der Waals surface area contributed by atoms with E-state index in [9.17, 15) is 9.59 Å². The molecule has 15 heavy (non-hydrogen) atoms. The van der Waals surface area contributed by atoms with E-state index in [1.165, 1.54) is 0 Å². The Morgan fingerprint density at radius 3 is 2.93 bits per heavy atom. The second-order valence-corrected chi connectivity index (χ2v) is 3.79. The van der Waals surface area contributed by atoms with Crippen LogP contribution in [0.4, 0.5) is 0 Å². The van der Waals surface area contributed by atoms with Crippen molar-refractivity contribution in [3.63, 3.8) is 0 Å². The molecule has 0 aromatic carbocycles. The van der Waals surface area contributed by atoms with Gasteiger partial charge in [-0.05, 0) is 22.0 Å². The molecule has 80 valence electrons. The summed E-state index contributed by atoms with van der Waals surface area (Å²) in [6.07, 6.45) is 0.505. The summed E-state index contributed by atoms with van der Waals surface area (Å²) in [7, 11) is 0. The molecule has 0 spiro atoms. The van der Waals surface area contributed by atoms with Gasteiger partial charge >= 0.3 is 5.97 Å². The third kappa shape index (κ3) is 2.90. The molecule has 1 heterocycles. The van der Waals surface area contributed by atoms with Crippen LogP contribution in [0.3, 0.4) is 0 Å². The van der Waals surface area contributed by atoms with Gasteiger partial charge in [0.25, 0.3) is 0 Å². The van der Waals surface area contributed by atoms with E-state index in [4.69, 9.17) is 16.7 Å². The first-order valence-corrected chi connectivity index (χ1v) is 4.98. The average molecular weight is 294 g/mol. The minimum atomic E-state index is -1.21. The fourth-order valence-corrected chi connectivity index (χ4v) is 1.56. The summed E-state index contributed by atoms with van der Waals surface area (Å²) in [4.78, 5) is 24.6. The molecule has 0 bridgehead atoms. The van der Waals surface area contributed by atoms with Crippen molar-refractivity contribution in [2.75, 3.05) is 0 Å². The third-order valence-electron chi connectivity index (χ3n) is 1.54. The zero-order valence-electron chi connectivity index (χ0n) is 7.33. The van der Waals surface area contributed by atoms with E-state index < -0.39 is 5.97 Å². The van der Waals surface area contributed by atoms with Crippen molar-refractivity contribution in [2.24, 2.45) is 0 Å². The first-order valence-electron chi connectivity index (χ1n) is 3.81. The van der Waals surface area contributed by atoms with Gasteiger partial charge in [0.05, 0.1) is 17.3 Å². The maximum absolute atomic E-state index is 10.7. The number of carboxylic acids is 1. The number of halogens is 2. The second-order valence-electron chi connectivity index (χ2n) is 2.56. The topological polar surface area (TPSA) is 79.3 Å². The zero-order valence-corrected chi connectivity index (χ0v) is 9.67. The van der Waals surface area contributed by atoms with Gasteiger partial charge < -0.3 is 10.4 Å². The van der Waals surface area contributed by atoms with Crippen LogP contribution in [-0.4, -0.2) is 22.5 Å². The van der Waals surface area contributed by atoms with Crippen LogP contribution >= 0.6 is 27.5 Å². The minimum Gasteiger partial charge on any atom is -0.476 e. The van der Waals surface area contributed by atoms with Gasteiger partial charge in [-0.25, -0.2) is 9.78 Å². The van der Waals surface area contributed by atoms with Crippen molar-refractivity contribution >= 4 is 39.9 Å². The van der Waals surface area contributed by atoms with E-state index in [0.29, 0.717) is 16.6 Å². The summed E-state index contributed by atoms with van der Waals surface area (Å²) >= 11 is 8.82. The predicted octanol–water partition coefficient (Wildman–Crippen LogP) is 1.44. The molecule has 1 aromatic rings. The Kier molecular flexibility index (Phi) is 4.05. The molecule has 0 fully saturated rings. The number of hydrogen-bond donors (Lipinski definition) is 2. The first kappa shape index (κ1) is 11.9. The van der Waals surface area contributed by atoms with Crippen LogP contribution in [0.5, 0.6) is 0 Å². The van der Waals surface area contributed by atoms with E-state index in [1.54, 1.807) is 6.07 Å². The van der Waals surface area contributed by atoms with Gasteiger partial charge in [0.2, 0.25) is 6.41 Å². The summed E-state index contributed by atoms with van der Waals surface area (Å²) in [5, 5.41) is 11.2. The number of nitrogens with one attached hydrogen (secondary N) is 1. The lowest BCUT2D eigenvalue weighted by Crippen LogP contribution is -2.13. The standard InChI is InChI=1S/C8H6BrClN2O3/c9-5-1-4(2-11-3-13)12-7(6(5)10)8(14)15/h1,3H,2H2,(H,11,13)(H,14,15). The van der Waals surface area contributed by atoms with E-state index in [0.717, 1.165) is 0 Å². The van der Waals surface area contributed by atoms with Gasteiger partial charge in [-0.3, -0.25) is 4.79 Å². The van der Waals surface area contributed by atoms with Gasteiger partial charge in [0.15, 0.2) is 5.69 Å². The van der Waals surface area contributed by atoms with Crippen molar-refractivity contribution in [3.05, 3.63) is 26.9 Å². The molecule has 0 radical (unpaired) electrons. The van der Waals surface area contributed by atoms with Crippen LogP contribution in [0, 0.1) is 0 Å². The van der Waals surface area contributed by atoms with Gasteiger partial charge in [0, 0.05) is 4.47 Å². The first-order chi connectivity index (χ1) is 7.06. The number of carbonyl (C=O) groups is 2. The zero-order chi connectivity index (χ0) is 11.4. The SMILES string of the molecule is O=CNCc1cc(Br)c(Cl)c(C(=O)O)n1. The van der Waals surface area contributed by atoms with E-state index in [1.807, 2.05) is 0 Å². The van der Waals surface area contributed by atoms with Gasteiger partial charge in [0.1, 0.15) is 0 Å². The number of aromatic carboxylic acids is 1. The molecule has 1 aromatic heterocycles. The maximum atomic E-state index is 10.7. The number of hydrogen-bond acceptors (Lipinski definition) is 3. The molecule has 0 unspecified atom stereocenters. The van der Waals surface area contributed by atoms with E-state index in [2.05, 4.69) is 26.2 Å². The summed E-state index contributed by atoms with van der Waals surface area (Å²) in [5.74, 6) is -1.21. The highest BCUT2D eigenvalue weighted by atomic mass is 79.9. The van der Waals surface area contributed by atoms with Crippen LogP contribution in [0.2, 0.25) is 5.02 Å². The summed E-state index contributed by atoms with van der Waals surface area (Å²) in [6, 6.07) is 1.55. The monoisotopic (exact) mass is 292 g/mol. The molecular formula is C8H6BrClN2O3. The summed E-state index contributed by atoms with van der Waals surface area (Å²) in [6.45, 7) is 0.152. The highest BCUT2D eigenvalue weighted by Gasteiger charge is 2.14. The fourth-order valence-electron chi connectivity index (χ4n) is 0.926. The molecule has 0 aliphatic rings. The van der Waals surface area contributed by atoms with Crippen LogP contribution in [0.15, 0.2) is 10.5 Å². The van der Waals surface area contributed by atoms with Crippen LogP contribution in [0.1, 0.15) is 16.2 Å². The Bertz CT molecular complexity index is 411. The highest BCUT2D eigenvalue weighted by molar-refractivity contribution is 9.10. The smallest absolute Gasteiger partial charge is 0.356 e. The molecule has 5 nitrogen and oxygen atoms in total. The largest absolute Gasteiger partial charge is 0.476 e. The van der Waals surface area contributed by atoms with Crippen LogP contribution in [-0.2, 0) is 11.3 Å². The number of carbonyl (C=O) groups excluding carboxylic acids is 1. The molecule has 0 aliphatic carbocycles. The number of nitrogens with zero attached hydrogens (tertiary/aromatic N) is 1. The molecule has 2 N–H and O–H groups in total. The van der Waals surface area contributed by atoms with Crippen LogP contribution < -0.4 is 5.32 Å². The number of rotatable bonds is 4. The fraction of sp³-hybridized carbons (Fsp3) is 0.125. The Morgan fingerprint density at radius 2 is 2.40 bits per heavy atom. The van der Waals surface area contributed by atoms with Crippen molar-refractivity contribution in [1.82, 2.24) is 10.3 Å². The Labute approximate surface area is 98.6 Å². The lowest BCUT2D eigenvalue weighted by molar-refractivity contribution is -0.109. The quantitative estimate of drug-likeness (QED) is 0.823. The van der Waals surface area contributed by atoms with E-state index in [-0.39, 0.29) is 17.3 Å². The van der Waals surface area contributed by atoms with Gasteiger partial charge in [-0.15, -0.1) is 0 Å². The Hall–Kier alpha value is -1.14. The van der Waals surface area contributed by atoms with Crippen molar-refractivity contribution < 1.29 is 14.7 Å². The molecule has 0 saturated heterocycles. The molecule has 0 saturated carbocycles. The summed E-state index contributed by atoms with van der Waals surface area (Å²) in [5.41, 5.74) is 0.171. The van der Waals surface area contributed by atoms with E-state index >= 15 is 0 Å². The van der Waals surface area contributed by atoms with Crippen molar-refractivity contribution in [3.8, 4) is 0 Å². The molecule has 0 atom stereocenters. The third-order valence-corrected chi connectivity index (χ3v) is 2.77.